The number of aliphatic carboxylic acids is 1. The number of nitrogens with two attached hydrogens (primary N) is 1. The summed E-state index contributed by atoms with van der Waals surface area (Å²) in [5.74, 6) is -3.58. The van der Waals surface area contributed by atoms with Gasteiger partial charge < -0.3 is 25.9 Å². The highest BCUT2D eigenvalue weighted by molar-refractivity contribution is 7.13. The van der Waals surface area contributed by atoms with Gasteiger partial charge in [0, 0.05) is 50.1 Å². The lowest BCUT2D eigenvalue weighted by molar-refractivity contribution is -0.155. The summed E-state index contributed by atoms with van der Waals surface area (Å²) in [5.41, 5.74) is 7.41. The van der Waals surface area contributed by atoms with Crippen LogP contribution in [0.25, 0.3) is 0 Å². The Hall–Kier alpha value is -4.89. The van der Waals surface area contributed by atoms with Crippen LogP contribution in [0.1, 0.15) is 50.3 Å². The van der Waals surface area contributed by atoms with Crippen molar-refractivity contribution < 1.29 is 33.9 Å². The van der Waals surface area contributed by atoms with Gasteiger partial charge in [-0.1, -0.05) is 35.5 Å². The lowest BCUT2D eigenvalue weighted by atomic mass is 9.82. The number of oxime groups is 1. The Morgan fingerprint density at radius 3 is 2.53 bits per heavy atom. The molecule has 246 valence electrons. The Bertz CT molecular complexity index is 1690. The fourth-order valence-electron chi connectivity index (χ4n) is 6.71. The summed E-state index contributed by atoms with van der Waals surface area (Å²) in [6, 6.07) is 8.78. The van der Waals surface area contributed by atoms with E-state index >= 15 is 0 Å². The molecule has 0 aliphatic carbocycles. The Balaban J connectivity index is 1.12. The molecule has 0 bridgehead atoms. The zero-order valence-corrected chi connectivity index (χ0v) is 26.6. The second kappa shape index (κ2) is 13.5. The minimum Gasteiger partial charge on any atom is -0.477 e. The van der Waals surface area contributed by atoms with Gasteiger partial charge in [-0.2, -0.15) is 0 Å². The van der Waals surface area contributed by atoms with Gasteiger partial charge in [0.15, 0.2) is 10.8 Å². The number of piperidine rings is 1. The number of fused-ring (bicyclic) bond motifs is 1. The summed E-state index contributed by atoms with van der Waals surface area (Å²) < 4.78 is 0. The van der Waals surface area contributed by atoms with Crippen LogP contribution in [0.2, 0.25) is 0 Å². The van der Waals surface area contributed by atoms with E-state index in [1.807, 2.05) is 23.1 Å². The van der Waals surface area contributed by atoms with Crippen LogP contribution in [-0.4, -0.2) is 97.9 Å². The molecule has 3 amide bonds. The SMILES string of the molecule is CC(=O)O/N=C(\C(=O)N[C@@H]1C(=O)N2C(C(=O)O)=C(C=C3CCN(C4CCN(Cc5ccccc5)CC4)C3=O)CC[C@H]12)c1csc(N)n1. The second-order valence-electron chi connectivity index (χ2n) is 11.9. The number of rotatable bonds is 9. The average Bonchev–Trinajstić information content (AvgIpc) is 3.65. The maximum atomic E-state index is 13.5. The monoisotopic (exact) mass is 661 g/mol. The normalized spacial score (nSPS) is 23.2. The summed E-state index contributed by atoms with van der Waals surface area (Å²) in [6.45, 7) is 4.35. The topological polar surface area (TPSA) is 188 Å². The molecule has 0 unspecified atom stereocenters. The Morgan fingerprint density at radius 1 is 1.13 bits per heavy atom. The maximum absolute atomic E-state index is 13.5. The van der Waals surface area contributed by atoms with Gasteiger partial charge in [0.2, 0.25) is 5.91 Å². The van der Waals surface area contributed by atoms with E-state index in [9.17, 15) is 29.1 Å². The number of amides is 3. The highest BCUT2D eigenvalue weighted by Crippen LogP contribution is 2.38. The van der Waals surface area contributed by atoms with Crippen molar-refractivity contribution in [3.05, 3.63) is 69.9 Å². The summed E-state index contributed by atoms with van der Waals surface area (Å²) in [6.07, 6.45) is 4.55. The Morgan fingerprint density at radius 2 is 1.87 bits per heavy atom. The number of nitrogens with one attached hydrogen (secondary N) is 1. The quantitative estimate of drug-likeness (QED) is 0.117. The molecule has 3 fully saturated rings. The van der Waals surface area contributed by atoms with Crippen molar-refractivity contribution in [2.75, 3.05) is 25.4 Å². The zero-order valence-electron chi connectivity index (χ0n) is 25.8. The number of aromatic nitrogens is 1. The third kappa shape index (κ3) is 6.67. The molecular weight excluding hydrogens is 626 g/mol. The molecule has 5 heterocycles. The van der Waals surface area contributed by atoms with Crippen LogP contribution >= 0.6 is 11.3 Å². The van der Waals surface area contributed by atoms with Crippen molar-refractivity contribution in [3.63, 3.8) is 0 Å². The largest absolute Gasteiger partial charge is 0.477 e. The van der Waals surface area contributed by atoms with Gasteiger partial charge in [0.05, 0.1) is 6.04 Å². The number of carboxylic acid groups (broad SMARTS) is 1. The number of hydrogen-bond donors (Lipinski definition) is 3. The van der Waals surface area contributed by atoms with Crippen molar-refractivity contribution in [1.82, 2.24) is 25.0 Å². The number of allylic oxidation sites excluding steroid dienone is 2. The summed E-state index contributed by atoms with van der Waals surface area (Å²) >= 11 is 1.05. The fourth-order valence-corrected chi connectivity index (χ4v) is 7.26. The van der Waals surface area contributed by atoms with E-state index < -0.39 is 35.8 Å². The van der Waals surface area contributed by atoms with Gasteiger partial charge in [-0.05, 0) is 49.3 Å². The first-order chi connectivity index (χ1) is 22.6. The fraction of sp³-hybridized carbons (Fsp3) is 0.406. The van der Waals surface area contributed by atoms with E-state index in [0.717, 1.165) is 50.7 Å². The molecule has 0 spiro atoms. The first-order valence-corrected chi connectivity index (χ1v) is 16.3. The number of benzene rings is 1. The highest BCUT2D eigenvalue weighted by atomic mass is 32.1. The van der Waals surface area contributed by atoms with Crippen LogP contribution < -0.4 is 11.1 Å². The van der Waals surface area contributed by atoms with Gasteiger partial charge in [-0.3, -0.25) is 24.2 Å². The van der Waals surface area contributed by atoms with E-state index in [4.69, 9.17) is 5.73 Å². The van der Waals surface area contributed by atoms with E-state index in [0.29, 0.717) is 37.0 Å². The lowest BCUT2D eigenvalue weighted by Crippen LogP contribution is -2.72. The van der Waals surface area contributed by atoms with Crippen molar-refractivity contribution in [3.8, 4) is 0 Å². The third-order valence-corrected chi connectivity index (χ3v) is 9.64. The van der Waals surface area contributed by atoms with Crippen molar-refractivity contribution >= 4 is 51.8 Å². The number of likely N-dealkylation sites (tertiary alicyclic amines) is 2. The van der Waals surface area contributed by atoms with Crippen LogP contribution in [-0.2, 0) is 35.4 Å². The molecule has 4 aliphatic rings. The molecule has 1 aromatic carbocycles. The number of β-lactam (4-membered cyclic amide) rings is 1. The first kappa shape index (κ1) is 32.1. The molecule has 6 rings (SSSR count). The van der Waals surface area contributed by atoms with Gasteiger partial charge >= 0.3 is 11.9 Å². The molecule has 47 heavy (non-hydrogen) atoms. The van der Waals surface area contributed by atoms with Crippen LogP contribution in [0.5, 0.6) is 0 Å². The molecular formula is C32H35N7O7S. The molecule has 3 saturated heterocycles. The summed E-state index contributed by atoms with van der Waals surface area (Å²) in [5, 5.41) is 17.9. The van der Waals surface area contributed by atoms with Gasteiger partial charge in [-0.15, -0.1) is 11.3 Å². The summed E-state index contributed by atoms with van der Waals surface area (Å²) in [7, 11) is 0. The number of nitrogen functional groups attached to an aromatic ring is 1. The molecule has 4 N–H and O–H groups in total. The lowest BCUT2D eigenvalue weighted by Gasteiger charge is -2.50. The van der Waals surface area contributed by atoms with Crippen molar-refractivity contribution in [2.24, 2.45) is 5.16 Å². The second-order valence-corrected chi connectivity index (χ2v) is 12.8. The smallest absolute Gasteiger partial charge is 0.352 e. The predicted octanol–water partition coefficient (Wildman–Crippen LogP) is 1.64. The van der Waals surface area contributed by atoms with E-state index in [1.54, 1.807) is 6.08 Å². The Labute approximate surface area is 274 Å². The van der Waals surface area contributed by atoms with Crippen LogP contribution in [0.4, 0.5) is 5.13 Å². The van der Waals surface area contributed by atoms with Gasteiger partial charge in [0.1, 0.15) is 17.4 Å². The standard InChI is InChI=1S/C32H35N7O7S/c1-18(40)46-36-25(23-17-47-32(33)34-23)28(41)35-26-24-8-7-20(27(31(44)45)39(24)30(26)43)15-21-9-14-38(29(21)42)22-10-12-37(13-11-22)16-19-5-3-2-4-6-19/h2-6,15,17,22,24,26H,7-14,16H2,1H3,(H2,33,34)(H,35,41)(H,44,45)/b21-15?,36-25-/t24-,26+/m1/s1. The van der Waals surface area contributed by atoms with Crippen molar-refractivity contribution in [1.29, 1.82) is 0 Å². The van der Waals surface area contributed by atoms with E-state index in [2.05, 4.69) is 37.3 Å². The zero-order chi connectivity index (χ0) is 33.2. The van der Waals surface area contributed by atoms with Crippen LogP contribution in [0, 0.1) is 0 Å². The van der Waals surface area contributed by atoms with Crippen LogP contribution in [0.3, 0.4) is 0 Å². The number of anilines is 1. The molecule has 14 nitrogen and oxygen atoms in total. The number of thiazole rings is 1. The number of nitrogens with zero attached hydrogens (tertiary/aromatic N) is 5. The highest BCUT2D eigenvalue weighted by Gasteiger charge is 2.53. The van der Waals surface area contributed by atoms with Crippen LogP contribution in [0.15, 0.2) is 63.8 Å². The van der Waals surface area contributed by atoms with Crippen molar-refractivity contribution in [2.45, 2.75) is 63.7 Å². The molecule has 2 atom stereocenters. The molecule has 2 aromatic rings. The predicted molar refractivity (Wildman–Crippen MR) is 170 cm³/mol. The molecule has 1 aromatic heterocycles. The number of carbonyl (C=O) groups excluding carboxylic acids is 4. The molecule has 15 heteroatoms. The third-order valence-electron chi connectivity index (χ3n) is 8.96. The minimum absolute atomic E-state index is 0.0616. The van der Waals surface area contributed by atoms with Gasteiger partial charge in [0.25, 0.3) is 11.8 Å². The number of carbonyl (C=O) groups is 5. The molecule has 4 aliphatic heterocycles. The minimum atomic E-state index is -1.29. The van der Waals surface area contributed by atoms with E-state index in [1.165, 1.54) is 15.8 Å². The maximum Gasteiger partial charge on any atom is 0.352 e. The summed E-state index contributed by atoms with van der Waals surface area (Å²) in [4.78, 5) is 77.8. The van der Waals surface area contributed by atoms with E-state index in [-0.39, 0.29) is 34.2 Å². The number of carboxylic acids is 1. The first-order valence-electron chi connectivity index (χ1n) is 15.5. The molecule has 0 saturated carbocycles. The van der Waals surface area contributed by atoms with Gasteiger partial charge in [-0.25, -0.2) is 14.6 Å². The number of hydrogen-bond acceptors (Lipinski definition) is 11. The molecule has 0 radical (unpaired) electrons. The Kier molecular flexibility index (Phi) is 9.18. The average molecular weight is 662 g/mol.